The van der Waals surface area contributed by atoms with Gasteiger partial charge < -0.3 is 15.2 Å². The summed E-state index contributed by atoms with van der Waals surface area (Å²) in [5.74, 6) is 3.89. The second-order valence-electron chi connectivity index (χ2n) is 13.3. The molecular weight excluding hydrogens is 424 g/mol. The van der Waals surface area contributed by atoms with E-state index in [1.165, 1.54) is 65.1 Å². The van der Waals surface area contributed by atoms with Crippen molar-refractivity contribution in [2.75, 3.05) is 33.3 Å². The quantitative estimate of drug-likeness (QED) is 0.576. The van der Waals surface area contributed by atoms with Gasteiger partial charge in [0.05, 0.1) is 13.2 Å². The highest BCUT2D eigenvalue weighted by Crippen LogP contribution is 2.68. The van der Waals surface area contributed by atoms with Crippen molar-refractivity contribution in [3.05, 3.63) is 0 Å². The minimum absolute atomic E-state index is 0.0685. The first-order chi connectivity index (χ1) is 16.3. The Morgan fingerprint density at radius 3 is 2.47 bits per heavy atom. The van der Waals surface area contributed by atoms with Gasteiger partial charge in [0.25, 0.3) is 0 Å². The fourth-order valence-electron chi connectivity index (χ4n) is 10.3. The molecule has 5 nitrogen and oxygen atoms in total. The number of ether oxygens (including phenoxy) is 1. The lowest BCUT2D eigenvalue weighted by molar-refractivity contribution is -0.168. The molecule has 0 radical (unpaired) electrons. The number of carbonyl (C=O) groups excluding carboxylic acids is 1. The van der Waals surface area contributed by atoms with Gasteiger partial charge in [-0.05, 0) is 104 Å². The lowest BCUT2D eigenvalue weighted by Crippen LogP contribution is -2.60. The smallest absolute Gasteiger partial charge is 0.305 e. The highest BCUT2D eigenvalue weighted by Gasteiger charge is 2.62. The van der Waals surface area contributed by atoms with E-state index in [9.17, 15) is 9.90 Å². The van der Waals surface area contributed by atoms with Gasteiger partial charge in [0.1, 0.15) is 0 Å². The molecule has 0 spiro atoms. The maximum atomic E-state index is 11.8. The van der Waals surface area contributed by atoms with Crippen molar-refractivity contribution in [1.82, 2.24) is 10.2 Å². The minimum Gasteiger partial charge on any atom is -0.469 e. The van der Waals surface area contributed by atoms with Crippen LogP contribution in [0.1, 0.15) is 85.0 Å². The first-order valence-corrected chi connectivity index (χ1v) is 14.5. The monoisotopic (exact) mass is 474 g/mol. The average Bonchev–Trinajstić information content (AvgIpc) is 3.20. The van der Waals surface area contributed by atoms with Gasteiger partial charge in [-0.15, -0.1) is 0 Å². The molecule has 5 aliphatic rings. The summed E-state index contributed by atoms with van der Waals surface area (Å²) < 4.78 is 4.91. The van der Waals surface area contributed by atoms with Crippen LogP contribution < -0.4 is 5.32 Å². The molecule has 5 rings (SSSR count). The molecule has 6 unspecified atom stereocenters. The number of nitrogens with zero attached hydrogens (tertiary/aromatic N) is 1. The molecule has 1 saturated heterocycles. The Morgan fingerprint density at radius 2 is 1.74 bits per heavy atom. The molecule has 2 N–H and O–H groups in total. The Balaban J connectivity index is 1.29. The first-order valence-electron chi connectivity index (χ1n) is 14.5. The first kappa shape index (κ1) is 25.0. The zero-order valence-electron chi connectivity index (χ0n) is 22.2. The molecule has 0 bridgehead atoms. The van der Waals surface area contributed by atoms with Crippen LogP contribution in [0.25, 0.3) is 0 Å². The second-order valence-corrected chi connectivity index (χ2v) is 13.3. The summed E-state index contributed by atoms with van der Waals surface area (Å²) in [6.45, 7) is 12.1. The summed E-state index contributed by atoms with van der Waals surface area (Å²) >= 11 is 0. The molecule has 0 aromatic heterocycles. The lowest BCUT2D eigenvalue weighted by Gasteiger charge is -2.63. The summed E-state index contributed by atoms with van der Waals surface area (Å²) in [7, 11) is 1.50. The molecule has 5 heteroatoms. The van der Waals surface area contributed by atoms with Crippen molar-refractivity contribution in [2.45, 2.75) is 97.1 Å². The predicted octanol–water partition coefficient (Wildman–Crippen LogP) is 4.48. The van der Waals surface area contributed by atoms with Gasteiger partial charge in [-0.1, -0.05) is 20.8 Å². The Bertz CT molecular complexity index is 739. The predicted molar refractivity (Wildman–Crippen MR) is 135 cm³/mol. The molecule has 0 amide bonds. The van der Waals surface area contributed by atoms with Crippen LogP contribution in [0.5, 0.6) is 0 Å². The number of hydrogen-bond acceptors (Lipinski definition) is 5. The van der Waals surface area contributed by atoms with E-state index in [1.54, 1.807) is 0 Å². The SMILES string of the molecule is COC(=O)CCC(C)[C@H]1CCC2C3C[C@@H](O)[C@@H]4CC(N5CCNCC5)CC[C@]4(C)C3CCC21C. The summed E-state index contributed by atoms with van der Waals surface area (Å²) in [6, 6.07) is 0.673. The van der Waals surface area contributed by atoms with Crippen molar-refractivity contribution in [3.8, 4) is 0 Å². The van der Waals surface area contributed by atoms with E-state index in [4.69, 9.17) is 4.74 Å². The molecule has 5 fully saturated rings. The number of rotatable bonds is 5. The van der Waals surface area contributed by atoms with Crippen LogP contribution in [-0.4, -0.2) is 61.4 Å². The number of hydrogen-bond donors (Lipinski definition) is 2. The highest BCUT2D eigenvalue weighted by atomic mass is 16.5. The number of carbonyl (C=O) groups is 1. The molecule has 10 atom stereocenters. The largest absolute Gasteiger partial charge is 0.469 e. The van der Waals surface area contributed by atoms with Crippen LogP contribution in [0.4, 0.5) is 0 Å². The number of piperazine rings is 1. The van der Waals surface area contributed by atoms with E-state index in [0.29, 0.717) is 47.0 Å². The molecule has 1 heterocycles. The molecule has 34 heavy (non-hydrogen) atoms. The highest BCUT2D eigenvalue weighted by molar-refractivity contribution is 5.69. The van der Waals surface area contributed by atoms with Crippen LogP contribution in [0.2, 0.25) is 0 Å². The van der Waals surface area contributed by atoms with Gasteiger partial charge in [0.15, 0.2) is 0 Å². The third kappa shape index (κ3) is 4.16. The van der Waals surface area contributed by atoms with Crippen molar-refractivity contribution in [1.29, 1.82) is 0 Å². The molecule has 194 valence electrons. The third-order valence-corrected chi connectivity index (χ3v) is 12.1. The van der Waals surface area contributed by atoms with E-state index in [2.05, 4.69) is 31.0 Å². The number of aliphatic hydroxyl groups is 1. The molecule has 0 aromatic carbocycles. The maximum absolute atomic E-state index is 11.8. The van der Waals surface area contributed by atoms with E-state index in [-0.39, 0.29) is 12.1 Å². The zero-order chi connectivity index (χ0) is 24.1. The third-order valence-electron chi connectivity index (χ3n) is 12.1. The van der Waals surface area contributed by atoms with Crippen molar-refractivity contribution in [3.63, 3.8) is 0 Å². The Hall–Kier alpha value is -0.650. The summed E-state index contributed by atoms with van der Waals surface area (Å²) in [4.78, 5) is 14.5. The van der Waals surface area contributed by atoms with Crippen LogP contribution in [-0.2, 0) is 9.53 Å². The number of nitrogens with one attached hydrogen (secondary N) is 1. The fraction of sp³-hybridized carbons (Fsp3) is 0.966. The fourth-order valence-corrected chi connectivity index (χ4v) is 10.3. The van der Waals surface area contributed by atoms with Gasteiger partial charge in [0, 0.05) is 38.6 Å². The van der Waals surface area contributed by atoms with Crippen molar-refractivity contribution < 1.29 is 14.6 Å². The number of methoxy groups -OCH3 is 1. The van der Waals surface area contributed by atoms with E-state index < -0.39 is 0 Å². The van der Waals surface area contributed by atoms with E-state index in [1.807, 2.05) is 0 Å². The molecular formula is C29H50N2O3. The van der Waals surface area contributed by atoms with E-state index in [0.717, 1.165) is 37.8 Å². The average molecular weight is 475 g/mol. The van der Waals surface area contributed by atoms with Gasteiger partial charge in [-0.3, -0.25) is 9.69 Å². The van der Waals surface area contributed by atoms with Gasteiger partial charge in [-0.25, -0.2) is 0 Å². The maximum Gasteiger partial charge on any atom is 0.305 e. The van der Waals surface area contributed by atoms with Gasteiger partial charge in [-0.2, -0.15) is 0 Å². The van der Waals surface area contributed by atoms with Gasteiger partial charge in [0.2, 0.25) is 0 Å². The van der Waals surface area contributed by atoms with Gasteiger partial charge >= 0.3 is 5.97 Å². The standard InChI is InChI=1S/C29H50N2O3/c1-19(5-8-27(33)34-4)22-6-7-23-21-18-26(32)25-17-20(31-15-13-30-14-16-31)9-11-29(25,3)24(21)10-12-28(22,23)2/h19-26,30,32H,5-18H2,1-4H3/t19?,20?,21?,22-,23?,24?,25+,26-,28?,29-/m1/s1. The second kappa shape index (κ2) is 9.67. The normalized spacial score (nSPS) is 47.9. The van der Waals surface area contributed by atoms with E-state index >= 15 is 0 Å². The molecule has 4 aliphatic carbocycles. The molecule has 4 saturated carbocycles. The minimum atomic E-state index is -0.130. The Labute approximate surface area is 207 Å². The van der Waals surface area contributed by atoms with Crippen LogP contribution in [0.3, 0.4) is 0 Å². The van der Waals surface area contributed by atoms with Crippen LogP contribution in [0.15, 0.2) is 0 Å². The Morgan fingerprint density at radius 1 is 1.03 bits per heavy atom. The summed E-state index contributed by atoms with van der Waals surface area (Å²) in [5, 5.41) is 15.1. The number of aliphatic hydroxyl groups excluding tert-OH is 1. The van der Waals surface area contributed by atoms with Crippen molar-refractivity contribution in [2.24, 2.45) is 46.3 Å². The summed E-state index contributed by atoms with van der Waals surface area (Å²) in [5.41, 5.74) is 0.681. The summed E-state index contributed by atoms with van der Waals surface area (Å²) in [6.07, 6.45) is 11.5. The topological polar surface area (TPSA) is 61.8 Å². The number of esters is 1. The zero-order valence-corrected chi connectivity index (χ0v) is 22.2. The van der Waals surface area contributed by atoms with Crippen LogP contribution >= 0.6 is 0 Å². The Kier molecular flexibility index (Phi) is 7.11. The van der Waals surface area contributed by atoms with Crippen molar-refractivity contribution >= 4 is 5.97 Å². The lowest BCUT2D eigenvalue weighted by atomic mass is 9.43. The van der Waals surface area contributed by atoms with Crippen LogP contribution in [0, 0.1) is 46.3 Å². The molecule has 1 aliphatic heterocycles. The molecule has 0 aromatic rings. The number of fused-ring (bicyclic) bond motifs is 5.